The van der Waals surface area contributed by atoms with Gasteiger partial charge in [-0.2, -0.15) is 0 Å². The lowest BCUT2D eigenvalue weighted by Crippen LogP contribution is -2.29. The molecule has 0 saturated heterocycles. The third kappa shape index (κ3) is 3.79. The van der Waals surface area contributed by atoms with Crippen LogP contribution in [0.25, 0.3) is 10.9 Å². The van der Waals surface area contributed by atoms with Crippen molar-refractivity contribution in [1.82, 2.24) is 4.57 Å². The third-order valence-electron chi connectivity index (χ3n) is 4.12. The van der Waals surface area contributed by atoms with Crippen molar-refractivity contribution < 1.29 is 19.2 Å². The van der Waals surface area contributed by atoms with Crippen LogP contribution in [0.4, 0.5) is 11.4 Å². The van der Waals surface area contributed by atoms with Gasteiger partial charge in [-0.3, -0.25) is 14.9 Å². The summed E-state index contributed by atoms with van der Waals surface area (Å²) in [6.45, 7) is 1.46. The lowest BCUT2D eigenvalue weighted by Gasteiger charge is -2.13. The van der Waals surface area contributed by atoms with Gasteiger partial charge in [0.2, 0.25) is 0 Å². The number of rotatable bonds is 5. The Morgan fingerprint density at radius 1 is 1.15 bits per heavy atom. The van der Waals surface area contributed by atoms with E-state index in [9.17, 15) is 19.7 Å². The van der Waals surface area contributed by atoms with Gasteiger partial charge in [0, 0.05) is 42.0 Å². The molecule has 1 aromatic heterocycles. The highest BCUT2D eigenvalue weighted by molar-refractivity contribution is 6.05. The minimum Gasteiger partial charge on any atom is -0.449 e. The summed E-state index contributed by atoms with van der Waals surface area (Å²) in [5.74, 6) is -1.13. The van der Waals surface area contributed by atoms with E-state index in [1.165, 1.54) is 31.2 Å². The number of amides is 1. The van der Waals surface area contributed by atoms with E-state index in [4.69, 9.17) is 4.74 Å². The molecule has 0 spiro atoms. The molecule has 3 aromatic rings. The molecule has 8 heteroatoms. The Hall–Kier alpha value is -3.68. The summed E-state index contributed by atoms with van der Waals surface area (Å²) in [5.41, 5.74) is 1.55. The molecule has 1 N–H and O–H groups in total. The van der Waals surface area contributed by atoms with Gasteiger partial charge in [-0.15, -0.1) is 0 Å². The molecule has 2 aromatic carbocycles. The Balaban J connectivity index is 1.68. The van der Waals surface area contributed by atoms with E-state index in [1.807, 2.05) is 35.9 Å². The third-order valence-corrected chi connectivity index (χ3v) is 4.12. The maximum absolute atomic E-state index is 12.5. The van der Waals surface area contributed by atoms with E-state index in [2.05, 4.69) is 5.32 Å². The van der Waals surface area contributed by atoms with Crippen LogP contribution in [0.5, 0.6) is 0 Å². The van der Waals surface area contributed by atoms with Crippen LogP contribution in [0.1, 0.15) is 17.3 Å². The Morgan fingerprint density at radius 2 is 1.81 bits per heavy atom. The van der Waals surface area contributed by atoms with Gasteiger partial charge < -0.3 is 14.6 Å². The zero-order chi connectivity index (χ0) is 19.6. The van der Waals surface area contributed by atoms with Crippen LogP contribution in [-0.2, 0) is 16.6 Å². The summed E-state index contributed by atoms with van der Waals surface area (Å²) in [6, 6.07) is 12.8. The number of anilines is 1. The summed E-state index contributed by atoms with van der Waals surface area (Å²) >= 11 is 0. The van der Waals surface area contributed by atoms with Crippen molar-refractivity contribution in [3.8, 4) is 0 Å². The molecular formula is C19H17N3O5. The quantitative estimate of drug-likeness (QED) is 0.423. The maximum atomic E-state index is 12.5. The van der Waals surface area contributed by atoms with Crippen molar-refractivity contribution in [3.63, 3.8) is 0 Å². The van der Waals surface area contributed by atoms with Crippen molar-refractivity contribution in [2.45, 2.75) is 13.0 Å². The Labute approximate surface area is 154 Å². The minimum atomic E-state index is -1.04. The molecule has 3 rings (SSSR count). The number of hydrogen-bond donors (Lipinski definition) is 1. The van der Waals surface area contributed by atoms with Crippen LogP contribution in [0.15, 0.2) is 54.7 Å². The van der Waals surface area contributed by atoms with E-state index < -0.39 is 22.9 Å². The maximum Gasteiger partial charge on any atom is 0.341 e. The Kier molecular flexibility index (Phi) is 4.89. The molecule has 27 heavy (non-hydrogen) atoms. The molecule has 0 unspecified atom stereocenters. The molecule has 1 atom stereocenters. The first-order chi connectivity index (χ1) is 12.9. The van der Waals surface area contributed by atoms with Crippen LogP contribution in [0.2, 0.25) is 0 Å². The molecule has 1 heterocycles. The number of nitrogens with zero attached hydrogens (tertiary/aromatic N) is 2. The minimum absolute atomic E-state index is 0.0802. The number of aryl methyl sites for hydroxylation is 1. The van der Waals surface area contributed by atoms with Gasteiger partial charge in [0.15, 0.2) is 6.10 Å². The van der Waals surface area contributed by atoms with Gasteiger partial charge in [0.1, 0.15) is 0 Å². The van der Waals surface area contributed by atoms with Crippen molar-refractivity contribution in [1.29, 1.82) is 0 Å². The zero-order valence-electron chi connectivity index (χ0n) is 14.7. The Bertz CT molecular complexity index is 1020. The van der Waals surface area contributed by atoms with E-state index in [-0.39, 0.29) is 5.69 Å². The highest BCUT2D eigenvalue weighted by atomic mass is 16.6. The van der Waals surface area contributed by atoms with Crippen molar-refractivity contribution in [2.24, 2.45) is 7.05 Å². The molecule has 1 amide bonds. The second-order valence-corrected chi connectivity index (χ2v) is 6.01. The normalized spacial score (nSPS) is 11.8. The number of benzene rings is 2. The molecule has 138 valence electrons. The Morgan fingerprint density at radius 3 is 2.48 bits per heavy atom. The van der Waals surface area contributed by atoms with Crippen molar-refractivity contribution in [2.75, 3.05) is 5.32 Å². The number of ether oxygens (including phenoxy) is 1. The van der Waals surface area contributed by atoms with Crippen molar-refractivity contribution >= 4 is 34.2 Å². The van der Waals surface area contributed by atoms with Gasteiger partial charge in [0.05, 0.1) is 10.5 Å². The molecule has 0 radical (unpaired) electrons. The molecular weight excluding hydrogens is 350 g/mol. The summed E-state index contributed by atoms with van der Waals surface area (Å²) in [5, 5.41) is 14.0. The van der Waals surface area contributed by atoms with Crippen LogP contribution >= 0.6 is 0 Å². The molecule has 0 fully saturated rings. The van der Waals surface area contributed by atoms with Crippen LogP contribution in [0.3, 0.4) is 0 Å². The fourth-order valence-electron chi connectivity index (χ4n) is 2.69. The number of carbonyl (C=O) groups excluding carboxylic acids is 2. The number of hydrogen-bond acceptors (Lipinski definition) is 5. The molecule has 0 bridgehead atoms. The lowest BCUT2D eigenvalue weighted by molar-refractivity contribution is -0.384. The van der Waals surface area contributed by atoms with Gasteiger partial charge in [0.25, 0.3) is 11.6 Å². The molecule has 0 aliphatic heterocycles. The topological polar surface area (TPSA) is 103 Å². The van der Waals surface area contributed by atoms with E-state index >= 15 is 0 Å². The van der Waals surface area contributed by atoms with Gasteiger partial charge >= 0.3 is 5.97 Å². The smallest absolute Gasteiger partial charge is 0.341 e. The first-order valence-corrected chi connectivity index (χ1v) is 8.17. The van der Waals surface area contributed by atoms with Crippen molar-refractivity contribution in [3.05, 3.63) is 70.4 Å². The predicted octanol–water partition coefficient (Wildman–Crippen LogP) is 3.27. The summed E-state index contributed by atoms with van der Waals surface area (Å²) in [7, 11) is 1.82. The summed E-state index contributed by atoms with van der Waals surface area (Å²) in [4.78, 5) is 34.8. The number of para-hydroxylation sites is 1. The molecule has 8 nitrogen and oxygen atoms in total. The number of nitrogens with one attached hydrogen (secondary N) is 1. The fourth-order valence-corrected chi connectivity index (χ4v) is 2.69. The second-order valence-electron chi connectivity index (χ2n) is 6.01. The highest BCUT2D eigenvalue weighted by Crippen LogP contribution is 2.22. The standard InChI is InChI=1S/C19H17N3O5/c1-12(18(23)20-13-7-9-14(10-8-13)22(25)26)27-19(24)16-11-21(2)17-6-4-3-5-15(16)17/h3-12H,1-2H3,(H,20,23)/t12-/m0/s1. The average molecular weight is 367 g/mol. The SMILES string of the molecule is C[C@H](OC(=O)c1cn(C)c2ccccc12)C(=O)Nc1ccc([N+](=O)[O-])cc1. The predicted molar refractivity (Wildman–Crippen MR) is 99.5 cm³/mol. The van der Waals surface area contributed by atoms with Gasteiger partial charge in [-0.05, 0) is 25.1 Å². The average Bonchev–Trinajstić information content (AvgIpc) is 2.99. The number of nitro groups is 1. The number of fused-ring (bicyclic) bond motifs is 1. The lowest BCUT2D eigenvalue weighted by atomic mass is 10.2. The molecule has 0 saturated carbocycles. The summed E-state index contributed by atoms with van der Waals surface area (Å²) in [6.07, 6.45) is 0.625. The molecule has 0 aliphatic rings. The zero-order valence-corrected chi connectivity index (χ0v) is 14.7. The number of non-ortho nitro benzene ring substituents is 1. The number of nitro benzene ring substituents is 1. The first-order valence-electron chi connectivity index (χ1n) is 8.17. The highest BCUT2D eigenvalue weighted by Gasteiger charge is 2.22. The monoisotopic (exact) mass is 367 g/mol. The fraction of sp³-hybridized carbons (Fsp3) is 0.158. The van der Waals surface area contributed by atoms with E-state index in [0.717, 1.165) is 10.9 Å². The molecule has 0 aliphatic carbocycles. The first kappa shape index (κ1) is 18.1. The number of aromatic nitrogens is 1. The second kappa shape index (κ2) is 7.28. The van der Waals surface area contributed by atoms with Crippen LogP contribution in [0, 0.1) is 10.1 Å². The van der Waals surface area contributed by atoms with E-state index in [1.54, 1.807) is 6.20 Å². The van der Waals surface area contributed by atoms with Gasteiger partial charge in [-0.25, -0.2) is 4.79 Å². The summed E-state index contributed by atoms with van der Waals surface area (Å²) < 4.78 is 7.09. The van der Waals surface area contributed by atoms with Crippen LogP contribution in [-0.4, -0.2) is 27.5 Å². The number of esters is 1. The van der Waals surface area contributed by atoms with Crippen LogP contribution < -0.4 is 5.32 Å². The largest absolute Gasteiger partial charge is 0.449 e. The number of carbonyl (C=O) groups is 2. The van der Waals surface area contributed by atoms with E-state index in [0.29, 0.717) is 11.3 Å². The van der Waals surface area contributed by atoms with Gasteiger partial charge in [-0.1, -0.05) is 18.2 Å².